The number of nitrogens with zero attached hydrogens (tertiary/aromatic N) is 3. The van der Waals surface area contributed by atoms with Crippen molar-refractivity contribution in [1.82, 2.24) is 14.7 Å². The molecule has 0 atom stereocenters. The molecule has 2 rings (SSSR count). The SMILES string of the molecule is CCCCOC(=O)n1nc2c(c1C(=O)CC(=O)OCC)CN(C(=O)O)CC2. The van der Waals surface area contributed by atoms with E-state index in [4.69, 9.17) is 9.47 Å². The molecule has 1 aromatic heterocycles. The summed E-state index contributed by atoms with van der Waals surface area (Å²) in [6, 6.07) is 0. The first kappa shape index (κ1) is 20.4. The normalized spacial score (nSPS) is 13.0. The van der Waals surface area contributed by atoms with Crippen molar-refractivity contribution in [3.05, 3.63) is 17.0 Å². The van der Waals surface area contributed by atoms with Crippen molar-refractivity contribution in [2.45, 2.75) is 46.1 Å². The van der Waals surface area contributed by atoms with Gasteiger partial charge in [0.05, 0.1) is 25.5 Å². The summed E-state index contributed by atoms with van der Waals surface area (Å²) in [4.78, 5) is 49.1. The number of carbonyl (C=O) groups is 4. The van der Waals surface area contributed by atoms with Crippen LogP contribution in [0.2, 0.25) is 0 Å². The van der Waals surface area contributed by atoms with Crippen molar-refractivity contribution in [3.63, 3.8) is 0 Å². The lowest BCUT2D eigenvalue weighted by atomic mass is 10.0. The molecular weight excluding hydrogens is 358 g/mol. The second kappa shape index (κ2) is 9.15. The lowest BCUT2D eigenvalue weighted by molar-refractivity contribution is -0.141. The van der Waals surface area contributed by atoms with E-state index in [1.54, 1.807) is 6.92 Å². The molecule has 2 heterocycles. The topological polar surface area (TPSA) is 128 Å². The maximum absolute atomic E-state index is 12.7. The highest BCUT2D eigenvalue weighted by molar-refractivity contribution is 6.07. The Balaban J connectivity index is 2.35. The number of aromatic nitrogens is 2. The fourth-order valence-corrected chi connectivity index (χ4v) is 2.75. The van der Waals surface area contributed by atoms with Gasteiger partial charge in [0.25, 0.3) is 0 Å². The van der Waals surface area contributed by atoms with Gasteiger partial charge in [-0.2, -0.15) is 9.78 Å². The number of rotatable bonds is 7. The summed E-state index contributed by atoms with van der Waals surface area (Å²) in [5, 5.41) is 13.4. The van der Waals surface area contributed by atoms with Crippen molar-refractivity contribution in [3.8, 4) is 0 Å². The number of hydrogen-bond acceptors (Lipinski definition) is 7. The zero-order valence-corrected chi connectivity index (χ0v) is 15.4. The van der Waals surface area contributed by atoms with E-state index in [-0.39, 0.29) is 38.4 Å². The maximum Gasteiger partial charge on any atom is 0.435 e. The monoisotopic (exact) mass is 381 g/mol. The number of ketones is 1. The van der Waals surface area contributed by atoms with E-state index in [9.17, 15) is 24.3 Å². The average Bonchev–Trinajstić information content (AvgIpc) is 3.00. The van der Waals surface area contributed by atoms with Gasteiger partial charge in [0.15, 0.2) is 5.78 Å². The largest absolute Gasteiger partial charge is 0.466 e. The molecule has 0 radical (unpaired) electrons. The second-order valence-corrected chi connectivity index (χ2v) is 6.01. The van der Waals surface area contributed by atoms with E-state index in [0.717, 1.165) is 16.0 Å². The first-order chi connectivity index (χ1) is 12.9. The van der Waals surface area contributed by atoms with Gasteiger partial charge in [-0.15, -0.1) is 0 Å². The Labute approximate surface area is 156 Å². The molecule has 1 aliphatic heterocycles. The van der Waals surface area contributed by atoms with Crippen molar-refractivity contribution < 1.29 is 33.8 Å². The van der Waals surface area contributed by atoms with E-state index < -0.39 is 30.4 Å². The number of carboxylic acid groups (broad SMARTS) is 1. The van der Waals surface area contributed by atoms with Crippen LogP contribution in [0.3, 0.4) is 0 Å². The number of ether oxygens (including phenoxy) is 2. The Kier molecular flexibility index (Phi) is 6.91. The zero-order chi connectivity index (χ0) is 20.0. The minimum Gasteiger partial charge on any atom is -0.466 e. The Hall–Kier alpha value is -2.91. The number of fused-ring (bicyclic) bond motifs is 1. The highest BCUT2D eigenvalue weighted by Crippen LogP contribution is 2.24. The summed E-state index contributed by atoms with van der Waals surface area (Å²) in [5.74, 6) is -1.39. The third kappa shape index (κ3) is 4.83. The third-order valence-electron chi connectivity index (χ3n) is 4.08. The second-order valence-electron chi connectivity index (χ2n) is 6.01. The maximum atomic E-state index is 12.7. The predicted molar refractivity (Wildman–Crippen MR) is 91.6 cm³/mol. The van der Waals surface area contributed by atoms with Crippen molar-refractivity contribution >= 4 is 23.9 Å². The van der Waals surface area contributed by atoms with Crippen molar-refractivity contribution in [2.75, 3.05) is 19.8 Å². The van der Waals surface area contributed by atoms with Gasteiger partial charge in [0.1, 0.15) is 12.1 Å². The van der Waals surface area contributed by atoms with Crippen LogP contribution in [-0.2, 0) is 27.2 Å². The number of amides is 1. The summed E-state index contributed by atoms with van der Waals surface area (Å²) in [6.07, 6.45) is -0.788. The Morgan fingerprint density at radius 3 is 2.56 bits per heavy atom. The van der Waals surface area contributed by atoms with Crippen LogP contribution in [-0.4, -0.2) is 63.5 Å². The number of esters is 1. The van der Waals surface area contributed by atoms with Gasteiger partial charge in [-0.05, 0) is 13.3 Å². The van der Waals surface area contributed by atoms with Crippen LogP contribution >= 0.6 is 0 Å². The molecule has 0 fully saturated rings. The molecule has 27 heavy (non-hydrogen) atoms. The number of hydrogen-bond donors (Lipinski definition) is 1. The molecule has 0 aliphatic carbocycles. The summed E-state index contributed by atoms with van der Waals surface area (Å²) in [6.45, 7) is 3.97. The first-order valence-electron chi connectivity index (χ1n) is 8.83. The first-order valence-corrected chi connectivity index (χ1v) is 8.83. The fourth-order valence-electron chi connectivity index (χ4n) is 2.75. The molecule has 0 spiro atoms. The molecule has 1 aliphatic rings. The van der Waals surface area contributed by atoms with E-state index in [1.165, 1.54) is 0 Å². The zero-order valence-electron chi connectivity index (χ0n) is 15.4. The van der Waals surface area contributed by atoms with Crippen LogP contribution in [0.15, 0.2) is 0 Å². The standard InChI is InChI=1S/C17H23N3O7/c1-3-5-8-27-17(25)20-15(13(21)9-14(22)26-4-2)11-10-19(16(23)24)7-6-12(11)18-20/h3-10H2,1-2H3,(H,23,24). The number of Topliss-reactive ketones (excluding diaryl/α,β-unsaturated/α-hetero) is 1. The molecule has 1 aromatic rings. The van der Waals surface area contributed by atoms with Crippen LogP contribution in [0.5, 0.6) is 0 Å². The quantitative estimate of drug-likeness (QED) is 0.328. The number of unbranched alkanes of at least 4 members (excludes halogenated alkanes) is 1. The van der Waals surface area contributed by atoms with E-state index in [2.05, 4.69) is 5.10 Å². The summed E-state index contributed by atoms with van der Waals surface area (Å²) < 4.78 is 10.8. The molecule has 0 saturated heterocycles. The van der Waals surface area contributed by atoms with Gasteiger partial charge in [-0.3, -0.25) is 9.59 Å². The average molecular weight is 381 g/mol. The molecule has 10 heteroatoms. The summed E-state index contributed by atoms with van der Waals surface area (Å²) in [7, 11) is 0. The molecule has 148 valence electrons. The van der Waals surface area contributed by atoms with Gasteiger partial charge in [0.2, 0.25) is 0 Å². The van der Waals surface area contributed by atoms with Crippen LogP contribution in [0.25, 0.3) is 0 Å². The molecule has 0 bridgehead atoms. The predicted octanol–water partition coefficient (Wildman–Crippen LogP) is 1.84. The number of carbonyl (C=O) groups excluding carboxylic acids is 3. The molecule has 1 N–H and O–H groups in total. The summed E-state index contributed by atoms with van der Waals surface area (Å²) in [5.41, 5.74) is 0.656. The van der Waals surface area contributed by atoms with Gasteiger partial charge >= 0.3 is 18.2 Å². The van der Waals surface area contributed by atoms with Gasteiger partial charge in [0, 0.05) is 18.5 Å². The molecule has 0 aromatic carbocycles. The molecule has 10 nitrogen and oxygen atoms in total. The minimum absolute atomic E-state index is 0.0865. The Morgan fingerprint density at radius 1 is 1.19 bits per heavy atom. The molecule has 0 unspecified atom stereocenters. The highest BCUT2D eigenvalue weighted by atomic mass is 16.6. The lowest BCUT2D eigenvalue weighted by Gasteiger charge is -2.23. The molecule has 1 amide bonds. The summed E-state index contributed by atoms with van der Waals surface area (Å²) >= 11 is 0. The Morgan fingerprint density at radius 2 is 1.93 bits per heavy atom. The minimum atomic E-state index is -1.14. The van der Waals surface area contributed by atoms with Crippen LogP contribution < -0.4 is 0 Å². The van der Waals surface area contributed by atoms with E-state index in [1.807, 2.05) is 6.92 Å². The smallest absolute Gasteiger partial charge is 0.435 e. The lowest BCUT2D eigenvalue weighted by Crippen LogP contribution is -2.35. The van der Waals surface area contributed by atoms with Crippen molar-refractivity contribution in [2.24, 2.45) is 0 Å². The van der Waals surface area contributed by atoms with Crippen LogP contribution in [0, 0.1) is 0 Å². The van der Waals surface area contributed by atoms with E-state index >= 15 is 0 Å². The van der Waals surface area contributed by atoms with Gasteiger partial charge in [-0.25, -0.2) is 9.59 Å². The van der Waals surface area contributed by atoms with Crippen LogP contribution in [0.1, 0.15) is 54.9 Å². The third-order valence-corrected chi connectivity index (χ3v) is 4.08. The van der Waals surface area contributed by atoms with Gasteiger partial charge < -0.3 is 19.5 Å². The molecular formula is C17H23N3O7. The van der Waals surface area contributed by atoms with Crippen LogP contribution in [0.4, 0.5) is 9.59 Å². The van der Waals surface area contributed by atoms with Gasteiger partial charge in [-0.1, -0.05) is 13.3 Å². The van der Waals surface area contributed by atoms with Crippen molar-refractivity contribution in [1.29, 1.82) is 0 Å². The van der Waals surface area contributed by atoms with E-state index in [0.29, 0.717) is 17.7 Å². The molecule has 0 saturated carbocycles. The fraction of sp³-hybridized carbons (Fsp3) is 0.588. The highest BCUT2D eigenvalue weighted by Gasteiger charge is 2.33. The Bertz CT molecular complexity index is 741.